The summed E-state index contributed by atoms with van der Waals surface area (Å²) in [5.74, 6) is -0.817. The Balaban J connectivity index is 3.54. The SMILES string of the molecule is NC(=O)OC(=O)CC(N)N. The average molecular weight is 147 g/mol. The molecule has 0 aromatic heterocycles. The Labute approximate surface area is 57.3 Å². The summed E-state index contributed by atoms with van der Waals surface area (Å²) in [6.45, 7) is 0. The minimum atomic E-state index is -1.15. The van der Waals surface area contributed by atoms with Crippen LogP contribution in [0.25, 0.3) is 0 Å². The molecule has 0 rings (SSSR count). The number of carbonyl (C=O) groups excluding carboxylic acids is 2. The van der Waals surface area contributed by atoms with Crippen molar-refractivity contribution in [3.8, 4) is 0 Å². The van der Waals surface area contributed by atoms with E-state index >= 15 is 0 Å². The van der Waals surface area contributed by atoms with Crippen molar-refractivity contribution in [2.45, 2.75) is 12.6 Å². The van der Waals surface area contributed by atoms with E-state index in [0.717, 1.165) is 0 Å². The van der Waals surface area contributed by atoms with E-state index in [2.05, 4.69) is 10.5 Å². The molecule has 1 amide bonds. The summed E-state index contributed by atoms with van der Waals surface area (Å²) in [6, 6.07) is 0. The van der Waals surface area contributed by atoms with Gasteiger partial charge in [-0.2, -0.15) is 0 Å². The number of primary amides is 1. The third kappa shape index (κ3) is 5.01. The van der Waals surface area contributed by atoms with Gasteiger partial charge in [0.15, 0.2) is 0 Å². The van der Waals surface area contributed by atoms with Crippen LogP contribution in [0.15, 0.2) is 0 Å². The first kappa shape index (κ1) is 8.86. The van der Waals surface area contributed by atoms with E-state index in [4.69, 9.17) is 11.5 Å². The van der Waals surface area contributed by atoms with Gasteiger partial charge in [0.1, 0.15) is 0 Å². The van der Waals surface area contributed by atoms with Crippen molar-refractivity contribution in [3.05, 3.63) is 0 Å². The standard InChI is InChI=1S/C4H9N3O3/c5-2(6)1-3(8)10-4(7)9/h2H,1,5-6H2,(H2,7,9). The molecule has 0 radical (unpaired) electrons. The molecule has 6 nitrogen and oxygen atoms in total. The van der Waals surface area contributed by atoms with Crippen molar-refractivity contribution in [1.82, 2.24) is 0 Å². The largest absolute Gasteiger partial charge is 0.412 e. The average Bonchev–Trinajstić information content (AvgIpc) is 1.58. The zero-order valence-electron chi connectivity index (χ0n) is 5.24. The Bertz CT molecular complexity index is 145. The first-order valence-corrected chi connectivity index (χ1v) is 2.53. The Hall–Kier alpha value is -1.14. The van der Waals surface area contributed by atoms with E-state index in [-0.39, 0.29) is 6.42 Å². The van der Waals surface area contributed by atoms with Crippen LogP contribution in [-0.4, -0.2) is 18.2 Å². The molecular weight excluding hydrogens is 138 g/mol. The lowest BCUT2D eigenvalue weighted by Gasteiger charge is -2.01. The lowest BCUT2D eigenvalue weighted by Crippen LogP contribution is -2.34. The summed E-state index contributed by atoms with van der Waals surface area (Å²) in [5, 5.41) is 0. The molecule has 0 fully saturated rings. The predicted octanol–water partition coefficient (Wildman–Crippen LogP) is -1.76. The van der Waals surface area contributed by atoms with Gasteiger partial charge in [-0.1, -0.05) is 0 Å². The molecule has 0 bridgehead atoms. The maximum absolute atomic E-state index is 10.4. The van der Waals surface area contributed by atoms with Crippen molar-refractivity contribution >= 4 is 12.1 Å². The second kappa shape index (κ2) is 3.80. The van der Waals surface area contributed by atoms with Gasteiger partial charge in [-0.25, -0.2) is 4.79 Å². The number of amides is 1. The number of rotatable bonds is 2. The monoisotopic (exact) mass is 147 g/mol. The molecule has 58 valence electrons. The van der Waals surface area contributed by atoms with Gasteiger partial charge in [-0.05, 0) is 0 Å². The maximum Gasteiger partial charge on any atom is 0.412 e. The highest BCUT2D eigenvalue weighted by Crippen LogP contribution is 1.85. The van der Waals surface area contributed by atoms with E-state index < -0.39 is 18.2 Å². The van der Waals surface area contributed by atoms with Gasteiger partial charge in [0.25, 0.3) is 0 Å². The minimum absolute atomic E-state index is 0.219. The second-order valence-corrected chi connectivity index (χ2v) is 1.66. The van der Waals surface area contributed by atoms with Crippen molar-refractivity contribution < 1.29 is 14.3 Å². The lowest BCUT2D eigenvalue weighted by molar-refractivity contribution is -0.137. The van der Waals surface area contributed by atoms with E-state index in [9.17, 15) is 9.59 Å². The normalized spacial score (nSPS) is 9.50. The third-order valence-electron chi connectivity index (χ3n) is 0.617. The van der Waals surface area contributed by atoms with Crippen LogP contribution in [0.2, 0.25) is 0 Å². The molecule has 0 unspecified atom stereocenters. The fourth-order valence-electron chi connectivity index (χ4n) is 0.346. The molecule has 0 aliphatic heterocycles. The minimum Gasteiger partial charge on any atom is -0.376 e. The Morgan fingerprint density at radius 2 is 1.90 bits per heavy atom. The van der Waals surface area contributed by atoms with Crippen LogP contribution in [0, 0.1) is 0 Å². The van der Waals surface area contributed by atoms with Gasteiger partial charge in [0.2, 0.25) is 0 Å². The summed E-state index contributed by atoms with van der Waals surface area (Å²) in [4.78, 5) is 20.3. The molecule has 0 spiro atoms. The lowest BCUT2D eigenvalue weighted by atomic mass is 10.4. The highest BCUT2D eigenvalue weighted by Gasteiger charge is 2.08. The van der Waals surface area contributed by atoms with Crippen LogP contribution in [0.1, 0.15) is 6.42 Å². The fraction of sp³-hybridized carbons (Fsp3) is 0.500. The van der Waals surface area contributed by atoms with Crippen LogP contribution in [-0.2, 0) is 9.53 Å². The molecule has 10 heavy (non-hydrogen) atoms. The van der Waals surface area contributed by atoms with Crippen molar-refractivity contribution in [2.75, 3.05) is 0 Å². The van der Waals surface area contributed by atoms with Crippen LogP contribution >= 0.6 is 0 Å². The van der Waals surface area contributed by atoms with Gasteiger partial charge in [-0.3, -0.25) is 4.79 Å². The van der Waals surface area contributed by atoms with Crippen LogP contribution in [0.3, 0.4) is 0 Å². The molecule has 0 heterocycles. The molecule has 6 heteroatoms. The molecule has 0 aliphatic carbocycles. The first-order valence-electron chi connectivity index (χ1n) is 2.53. The zero-order chi connectivity index (χ0) is 8.15. The van der Waals surface area contributed by atoms with Gasteiger partial charge in [0.05, 0.1) is 12.6 Å². The Kier molecular flexibility index (Phi) is 3.37. The summed E-state index contributed by atoms with van der Waals surface area (Å²) >= 11 is 0. The first-order chi connectivity index (χ1) is 4.52. The smallest absolute Gasteiger partial charge is 0.376 e. The van der Waals surface area contributed by atoms with Gasteiger partial charge in [0, 0.05) is 0 Å². The highest BCUT2D eigenvalue weighted by molar-refractivity contribution is 5.83. The third-order valence-corrected chi connectivity index (χ3v) is 0.617. The topological polar surface area (TPSA) is 121 Å². The maximum atomic E-state index is 10.4. The molecule has 0 saturated heterocycles. The number of esters is 1. The number of ether oxygens (including phenoxy) is 1. The van der Waals surface area contributed by atoms with Crippen molar-refractivity contribution in [2.24, 2.45) is 17.2 Å². The summed E-state index contributed by atoms with van der Waals surface area (Å²) in [6.07, 6.45) is -2.18. The Morgan fingerprint density at radius 3 is 2.20 bits per heavy atom. The summed E-state index contributed by atoms with van der Waals surface area (Å²) in [7, 11) is 0. The predicted molar refractivity (Wildman–Crippen MR) is 32.5 cm³/mol. The zero-order valence-corrected chi connectivity index (χ0v) is 5.24. The summed E-state index contributed by atoms with van der Waals surface area (Å²) in [5.41, 5.74) is 14.5. The number of nitrogens with two attached hydrogens (primary N) is 3. The van der Waals surface area contributed by atoms with Crippen LogP contribution < -0.4 is 17.2 Å². The van der Waals surface area contributed by atoms with Crippen molar-refractivity contribution in [1.29, 1.82) is 0 Å². The highest BCUT2D eigenvalue weighted by atomic mass is 16.6. The molecule has 0 saturated carbocycles. The molecule has 6 N–H and O–H groups in total. The van der Waals surface area contributed by atoms with E-state index in [1.54, 1.807) is 0 Å². The molecule has 0 atom stereocenters. The van der Waals surface area contributed by atoms with Gasteiger partial charge < -0.3 is 21.9 Å². The number of hydrogen-bond acceptors (Lipinski definition) is 5. The fourth-order valence-corrected chi connectivity index (χ4v) is 0.346. The number of hydrogen-bond donors (Lipinski definition) is 3. The Morgan fingerprint density at radius 1 is 1.40 bits per heavy atom. The van der Waals surface area contributed by atoms with E-state index in [0.29, 0.717) is 0 Å². The molecule has 0 aliphatic rings. The van der Waals surface area contributed by atoms with Crippen molar-refractivity contribution in [3.63, 3.8) is 0 Å². The van der Waals surface area contributed by atoms with Crippen LogP contribution in [0.5, 0.6) is 0 Å². The number of carbonyl (C=O) groups is 2. The van der Waals surface area contributed by atoms with Gasteiger partial charge >= 0.3 is 12.1 Å². The van der Waals surface area contributed by atoms with Gasteiger partial charge in [-0.15, -0.1) is 0 Å². The van der Waals surface area contributed by atoms with Crippen LogP contribution in [0.4, 0.5) is 4.79 Å². The second-order valence-electron chi connectivity index (χ2n) is 1.66. The van der Waals surface area contributed by atoms with E-state index in [1.165, 1.54) is 0 Å². The summed E-state index contributed by atoms with van der Waals surface area (Å²) < 4.78 is 3.90. The molecule has 0 aromatic rings. The quantitative estimate of drug-likeness (QED) is 0.242. The molecule has 0 aromatic carbocycles. The van der Waals surface area contributed by atoms with E-state index in [1.807, 2.05) is 0 Å². The molecular formula is C4H9N3O3.